The van der Waals surface area contributed by atoms with Crippen LogP contribution < -0.4 is 0 Å². The van der Waals surface area contributed by atoms with Crippen molar-refractivity contribution in [3.8, 4) is 11.3 Å². The molecule has 2 heterocycles. The lowest BCUT2D eigenvalue weighted by molar-refractivity contribution is -0.140. The van der Waals surface area contributed by atoms with Gasteiger partial charge in [-0.3, -0.25) is 9.59 Å². The fourth-order valence-corrected chi connectivity index (χ4v) is 5.49. The Morgan fingerprint density at radius 1 is 0.964 bits per heavy atom. The zero-order chi connectivity index (χ0) is 19.0. The molecule has 0 unspecified atom stereocenters. The van der Waals surface area contributed by atoms with Gasteiger partial charge in [0, 0.05) is 10.6 Å². The summed E-state index contributed by atoms with van der Waals surface area (Å²) in [7, 11) is 0. The van der Waals surface area contributed by atoms with Crippen LogP contribution in [0.4, 0.5) is 0 Å². The van der Waals surface area contributed by atoms with E-state index in [9.17, 15) is 9.59 Å². The summed E-state index contributed by atoms with van der Waals surface area (Å²) < 4.78 is 5.78. The Morgan fingerprint density at radius 2 is 1.61 bits per heavy atom. The molecule has 28 heavy (non-hydrogen) atoms. The Kier molecular flexibility index (Phi) is 3.30. The smallest absolute Gasteiger partial charge is 0.254 e. The Labute approximate surface area is 166 Å². The first kappa shape index (κ1) is 16.3. The number of rotatable bonds is 3. The highest BCUT2D eigenvalue weighted by atomic mass is 35.5. The van der Waals surface area contributed by atoms with Crippen molar-refractivity contribution in [2.45, 2.75) is 6.42 Å². The van der Waals surface area contributed by atoms with Crippen LogP contribution in [-0.2, 0) is 9.59 Å². The van der Waals surface area contributed by atoms with E-state index in [-0.39, 0.29) is 35.5 Å². The van der Waals surface area contributed by atoms with Crippen LogP contribution in [0.1, 0.15) is 12.2 Å². The summed E-state index contributed by atoms with van der Waals surface area (Å²) >= 11 is 5.92. The Hall–Kier alpha value is -2.66. The monoisotopic (exact) mass is 392 g/mol. The minimum atomic E-state index is -0.232. The second-order valence-electron chi connectivity index (χ2n) is 8.10. The van der Waals surface area contributed by atoms with Gasteiger partial charge in [0.05, 0.1) is 18.1 Å². The van der Waals surface area contributed by atoms with Crippen LogP contribution in [0.25, 0.3) is 11.3 Å². The summed E-state index contributed by atoms with van der Waals surface area (Å²) in [4.78, 5) is 25.8. The fraction of sp³-hybridized carbons (Fsp3) is 0.318. The number of nitrogens with zero attached hydrogens (tertiary/aromatic N) is 2. The van der Waals surface area contributed by atoms with Crippen LogP contribution in [0.5, 0.6) is 0 Å². The number of carbonyl (C=O) groups excluding carboxylic acids is 2. The van der Waals surface area contributed by atoms with Crippen molar-refractivity contribution >= 4 is 29.6 Å². The number of hydrogen-bond acceptors (Lipinski definition) is 4. The first-order valence-corrected chi connectivity index (χ1v) is 9.95. The van der Waals surface area contributed by atoms with Crippen molar-refractivity contribution in [2.75, 3.05) is 0 Å². The van der Waals surface area contributed by atoms with Gasteiger partial charge in [-0.05, 0) is 66.5 Å². The molecule has 7 rings (SSSR count). The topological polar surface area (TPSA) is 62.9 Å². The highest BCUT2D eigenvalue weighted by molar-refractivity contribution is 6.30. The highest BCUT2D eigenvalue weighted by Crippen LogP contribution is 2.65. The summed E-state index contributed by atoms with van der Waals surface area (Å²) in [5.41, 5.74) is 0.894. The number of halogens is 1. The number of benzene rings is 1. The Morgan fingerprint density at radius 3 is 2.25 bits per heavy atom. The van der Waals surface area contributed by atoms with Gasteiger partial charge >= 0.3 is 0 Å². The third-order valence-electron chi connectivity index (χ3n) is 6.70. The van der Waals surface area contributed by atoms with Gasteiger partial charge in [-0.1, -0.05) is 23.8 Å². The van der Waals surface area contributed by atoms with Gasteiger partial charge in [0.1, 0.15) is 11.5 Å². The molecular weight excluding hydrogens is 376 g/mol. The van der Waals surface area contributed by atoms with Crippen molar-refractivity contribution in [2.24, 2.45) is 40.6 Å². The lowest BCUT2D eigenvalue weighted by atomic mass is 9.63. The molecule has 1 aliphatic heterocycles. The average molecular weight is 393 g/mol. The minimum absolute atomic E-state index is 0.166. The zero-order valence-electron chi connectivity index (χ0n) is 14.9. The van der Waals surface area contributed by atoms with Crippen LogP contribution in [0.3, 0.4) is 0 Å². The number of furan rings is 1. The molecule has 0 N–H and O–H groups in total. The van der Waals surface area contributed by atoms with Crippen molar-refractivity contribution in [1.29, 1.82) is 0 Å². The largest absolute Gasteiger partial charge is 0.455 e. The average Bonchev–Trinajstić information content (AvgIpc) is 3.34. The van der Waals surface area contributed by atoms with Gasteiger partial charge in [0.25, 0.3) is 11.8 Å². The summed E-state index contributed by atoms with van der Waals surface area (Å²) in [5.74, 6) is 1.95. The number of hydrazone groups is 1. The van der Waals surface area contributed by atoms with Crippen LogP contribution in [-0.4, -0.2) is 23.0 Å². The molecule has 4 aliphatic carbocycles. The van der Waals surface area contributed by atoms with Gasteiger partial charge in [-0.15, -0.1) is 0 Å². The molecule has 2 saturated carbocycles. The van der Waals surface area contributed by atoms with Gasteiger partial charge in [0.2, 0.25) is 0 Å². The Bertz CT molecular complexity index is 1020. The molecular formula is C22H17ClN2O3. The number of imide groups is 1. The van der Waals surface area contributed by atoms with Crippen LogP contribution in [0.15, 0.2) is 58.1 Å². The number of carbonyl (C=O) groups is 2. The standard InChI is InChI=1S/C22H17ClN2O3/c23-12-3-1-11(2-4-12)18-8-5-13(28-18)10-24-25-21(26)19-14-6-7-15(17-9-16(14)17)20(19)22(25)27/h1-8,10,14-17,19-20H,9H2/b24-10+/t14-,15-,16-,17-,19-,20+/m1/s1. The summed E-state index contributed by atoms with van der Waals surface area (Å²) in [6, 6.07) is 10.9. The third kappa shape index (κ3) is 2.23. The predicted molar refractivity (Wildman–Crippen MR) is 103 cm³/mol. The van der Waals surface area contributed by atoms with Gasteiger partial charge in [-0.25, -0.2) is 0 Å². The van der Waals surface area contributed by atoms with E-state index >= 15 is 0 Å². The van der Waals surface area contributed by atoms with E-state index in [1.165, 1.54) is 6.21 Å². The molecule has 5 nitrogen and oxygen atoms in total. The molecule has 6 heteroatoms. The molecule has 1 aromatic carbocycles. The molecule has 2 bridgehead atoms. The maximum Gasteiger partial charge on any atom is 0.254 e. The van der Waals surface area contributed by atoms with Crippen molar-refractivity contribution in [3.63, 3.8) is 0 Å². The highest BCUT2D eigenvalue weighted by Gasteiger charge is 2.67. The molecule has 1 saturated heterocycles. The lowest BCUT2D eigenvalue weighted by Crippen LogP contribution is -2.40. The maximum atomic E-state index is 12.9. The molecule has 0 spiro atoms. The van der Waals surface area contributed by atoms with Gasteiger partial charge in [0.15, 0.2) is 0 Å². The number of hydrogen-bond donors (Lipinski definition) is 0. The van der Waals surface area contributed by atoms with Crippen molar-refractivity contribution in [3.05, 3.63) is 59.3 Å². The first-order chi connectivity index (χ1) is 13.6. The second kappa shape index (κ2) is 5.67. The van der Waals surface area contributed by atoms with E-state index in [1.54, 1.807) is 18.2 Å². The molecule has 1 aromatic heterocycles. The summed E-state index contributed by atoms with van der Waals surface area (Å²) in [5, 5.41) is 5.93. The van der Waals surface area contributed by atoms with E-state index in [1.807, 2.05) is 18.2 Å². The molecule has 140 valence electrons. The van der Waals surface area contributed by atoms with E-state index < -0.39 is 0 Å². The molecule has 2 amide bonds. The molecule has 5 aliphatic rings. The minimum Gasteiger partial charge on any atom is -0.455 e. The normalized spacial score (nSPS) is 35.0. The molecule has 6 atom stereocenters. The van der Waals surface area contributed by atoms with E-state index in [4.69, 9.17) is 16.0 Å². The van der Waals surface area contributed by atoms with Gasteiger partial charge in [-0.2, -0.15) is 10.1 Å². The lowest BCUT2D eigenvalue weighted by Gasteiger charge is -2.37. The van der Waals surface area contributed by atoms with Crippen LogP contribution in [0.2, 0.25) is 5.02 Å². The Balaban J connectivity index is 1.24. The zero-order valence-corrected chi connectivity index (χ0v) is 15.6. The van der Waals surface area contributed by atoms with E-state index in [0.717, 1.165) is 17.0 Å². The fourth-order valence-electron chi connectivity index (χ4n) is 5.36. The van der Waals surface area contributed by atoms with Crippen LogP contribution >= 0.6 is 11.6 Å². The summed E-state index contributed by atoms with van der Waals surface area (Å²) in [6.45, 7) is 0. The van der Waals surface area contributed by atoms with Crippen molar-refractivity contribution in [1.82, 2.24) is 5.01 Å². The molecule has 3 fully saturated rings. The summed E-state index contributed by atoms with van der Waals surface area (Å²) in [6.07, 6.45) is 6.91. The number of allylic oxidation sites excluding steroid dienone is 2. The second-order valence-corrected chi connectivity index (χ2v) is 8.53. The van der Waals surface area contributed by atoms with Crippen molar-refractivity contribution < 1.29 is 14.0 Å². The molecule has 2 aromatic rings. The third-order valence-corrected chi connectivity index (χ3v) is 6.95. The van der Waals surface area contributed by atoms with Crippen LogP contribution in [0, 0.1) is 35.5 Å². The first-order valence-electron chi connectivity index (χ1n) is 9.58. The maximum absolute atomic E-state index is 12.9. The van der Waals surface area contributed by atoms with E-state index in [2.05, 4.69) is 17.3 Å². The van der Waals surface area contributed by atoms with Gasteiger partial charge < -0.3 is 4.42 Å². The molecule has 0 radical (unpaired) electrons. The predicted octanol–water partition coefficient (Wildman–Crippen LogP) is 3.99. The number of amides is 2. The quantitative estimate of drug-likeness (QED) is 0.451. The SMILES string of the molecule is O=C1[C@@H]2[C@@H]3C=C[C@H]([C@H]4C[C@H]34)[C@@H]2C(=O)N1/N=C/c1ccc(-c2ccc(Cl)cc2)o1. The van der Waals surface area contributed by atoms with E-state index in [0.29, 0.717) is 28.4 Å².